The highest BCUT2D eigenvalue weighted by Crippen LogP contribution is 2.26. The van der Waals surface area contributed by atoms with Gasteiger partial charge in [-0.2, -0.15) is 4.31 Å². The number of Topliss-reactive ketones (excluding diaryl/α,β-unsaturated/α-hetero) is 1. The van der Waals surface area contributed by atoms with Gasteiger partial charge >= 0.3 is 11.9 Å². The molecule has 1 aromatic heterocycles. The molecule has 0 saturated heterocycles. The van der Waals surface area contributed by atoms with Crippen molar-refractivity contribution in [3.63, 3.8) is 0 Å². The summed E-state index contributed by atoms with van der Waals surface area (Å²) in [5.41, 5.74) is 2.80. The molecule has 0 fully saturated rings. The molecule has 1 aliphatic rings. The lowest BCUT2D eigenvalue weighted by Crippen LogP contribution is -2.49. The van der Waals surface area contributed by atoms with E-state index in [1.54, 1.807) is 26.8 Å². The molecule has 2 heterocycles. The van der Waals surface area contributed by atoms with Crippen LogP contribution in [0, 0.1) is 13.8 Å². The number of hydrogen-bond donors (Lipinski definition) is 1. The molecule has 0 amide bonds. The third-order valence-corrected chi connectivity index (χ3v) is 6.62. The molecule has 10 heteroatoms. The summed E-state index contributed by atoms with van der Waals surface area (Å²) in [5.74, 6) is -2.04. The lowest BCUT2D eigenvalue weighted by molar-refractivity contribution is -0.147. The molecule has 0 saturated carbocycles. The number of sulfonamides is 1. The summed E-state index contributed by atoms with van der Waals surface area (Å²) >= 11 is 0. The average molecular weight is 463 g/mol. The van der Waals surface area contributed by atoms with Gasteiger partial charge < -0.3 is 14.5 Å². The summed E-state index contributed by atoms with van der Waals surface area (Å²) in [5, 5.41) is 0. The molecule has 1 atom stereocenters. The van der Waals surface area contributed by atoms with Crippen LogP contribution < -0.4 is 0 Å². The molecular weight excluding hydrogens is 436 g/mol. The Hall–Kier alpha value is -2.98. The number of ether oxygens (including phenoxy) is 2. The molecule has 0 radical (unpaired) electrons. The number of nitrogens with zero attached hydrogens (tertiary/aromatic N) is 1. The van der Waals surface area contributed by atoms with Crippen molar-refractivity contribution in [2.45, 2.75) is 39.8 Å². The lowest BCUT2D eigenvalue weighted by Gasteiger charge is -2.33. The van der Waals surface area contributed by atoms with Crippen molar-refractivity contribution < 1.29 is 32.3 Å². The zero-order valence-electron chi connectivity index (χ0n) is 18.4. The van der Waals surface area contributed by atoms with Crippen LogP contribution in [0.4, 0.5) is 0 Å². The molecule has 0 spiro atoms. The van der Waals surface area contributed by atoms with E-state index in [9.17, 15) is 22.8 Å². The SMILES string of the molecule is CCOC(=O)c1c(C)[nH]c(C)c1C(=O)COC(=O)C1Cc2ccccc2CN1S(C)(=O)=O. The van der Waals surface area contributed by atoms with Gasteiger partial charge in [0.25, 0.3) is 0 Å². The number of ketones is 1. The Kier molecular flexibility index (Phi) is 6.85. The number of aromatic amines is 1. The minimum absolute atomic E-state index is 0.0475. The topological polar surface area (TPSA) is 123 Å². The maximum atomic E-state index is 12.8. The number of carbonyl (C=O) groups excluding carboxylic acids is 3. The summed E-state index contributed by atoms with van der Waals surface area (Å²) in [6.45, 7) is 4.51. The number of esters is 2. The van der Waals surface area contributed by atoms with Crippen molar-refractivity contribution in [2.24, 2.45) is 0 Å². The Morgan fingerprint density at radius 1 is 1.06 bits per heavy atom. The first kappa shape index (κ1) is 23.7. The average Bonchev–Trinajstić information content (AvgIpc) is 3.04. The standard InChI is InChI=1S/C22H26N2O7S/c1-5-30-22(27)20-14(3)23-13(2)19(20)18(25)12-31-21(26)17-10-15-8-6-7-9-16(15)11-24(17)32(4,28)29/h6-9,17,23H,5,10-12H2,1-4H3. The van der Waals surface area contributed by atoms with E-state index in [0.29, 0.717) is 11.4 Å². The minimum atomic E-state index is -3.70. The Morgan fingerprint density at radius 2 is 1.69 bits per heavy atom. The molecule has 9 nitrogen and oxygen atoms in total. The fraction of sp³-hybridized carbons (Fsp3) is 0.409. The molecule has 1 N–H and O–H groups in total. The first-order valence-corrected chi connectivity index (χ1v) is 12.0. The van der Waals surface area contributed by atoms with E-state index in [1.165, 1.54) is 0 Å². The van der Waals surface area contributed by atoms with Crippen LogP contribution in [0.3, 0.4) is 0 Å². The third kappa shape index (κ3) is 4.76. The normalized spacial score (nSPS) is 16.3. The van der Waals surface area contributed by atoms with Gasteiger partial charge in [-0.05, 0) is 31.9 Å². The maximum absolute atomic E-state index is 12.8. The van der Waals surface area contributed by atoms with Gasteiger partial charge in [0.05, 0.1) is 24.0 Å². The van der Waals surface area contributed by atoms with Crippen molar-refractivity contribution in [1.29, 1.82) is 0 Å². The van der Waals surface area contributed by atoms with E-state index >= 15 is 0 Å². The Morgan fingerprint density at radius 3 is 2.31 bits per heavy atom. The second kappa shape index (κ2) is 9.25. The summed E-state index contributed by atoms with van der Waals surface area (Å²) in [6.07, 6.45) is 1.18. The van der Waals surface area contributed by atoms with Crippen LogP contribution in [0.5, 0.6) is 0 Å². The van der Waals surface area contributed by atoms with Gasteiger partial charge in [-0.1, -0.05) is 24.3 Å². The molecule has 32 heavy (non-hydrogen) atoms. The van der Waals surface area contributed by atoms with Gasteiger partial charge in [0.1, 0.15) is 6.04 Å². The Balaban J connectivity index is 1.79. The molecular formula is C22H26N2O7S. The van der Waals surface area contributed by atoms with Crippen molar-refractivity contribution >= 4 is 27.7 Å². The Bertz CT molecular complexity index is 1170. The molecule has 172 valence electrons. The predicted octanol–water partition coefficient (Wildman–Crippen LogP) is 1.92. The molecule has 1 aliphatic heterocycles. The molecule has 0 bridgehead atoms. The van der Waals surface area contributed by atoms with Gasteiger partial charge in [-0.3, -0.25) is 9.59 Å². The fourth-order valence-electron chi connectivity index (χ4n) is 3.94. The van der Waals surface area contributed by atoms with Gasteiger partial charge in [0.15, 0.2) is 6.61 Å². The van der Waals surface area contributed by atoms with Crippen LogP contribution in [0.2, 0.25) is 0 Å². The van der Waals surface area contributed by atoms with Crippen LogP contribution >= 0.6 is 0 Å². The zero-order chi connectivity index (χ0) is 23.6. The molecule has 0 aliphatic carbocycles. The first-order chi connectivity index (χ1) is 15.0. The summed E-state index contributed by atoms with van der Waals surface area (Å²) < 4.78 is 35.9. The van der Waals surface area contributed by atoms with Gasteiger partial charge in [-0.25, -0.2) is 13.2 Å². The number of nitrogens with one attached hydrogen (secondary N) is 1. The maximum Gasteiger partial charge on any atom is 0.340 e. The second-order valence-electron chi connectivity index (χ2n) is 7.67. The predicted molar refractivity (Wildman–Crippen MR) is 116 cm³/mol. The summed E-state index contributed by atoms with van der Waals surface area (Å²) in [6, 6.07) is 6.18. The van der Waals surface area contributed by atoms with Crippen molar-refractivity contribution in [2.75, 3.05) is 19.5 Å². The zero-order valence-corrected chi connectivity index (χ0v) is 19.2. The smallest absolute Gasteiger partial charge is 0.340 e. The largest absolute Gasteiger partial charge is 0.462 e. The molecule has 1 aromatic carbocycles. The van der Waals surface area contributed by atoms with Crippen molar-refractivity contribution in [1.82, 2.24) is 9.29 Å². The minimum Gasteiger partial charge on any atom is -0.462 e. The highest BCUT2D eigenvalue weighted by molar-refractivity contribution is 7.88. The van der Waals surface area contributed by atoms with Crippen LogP contribution in [-0.4, -0.2) is 60.9 Å². The van der Waals surface area contributed by atoms with E-state index in [0.717, 1.165) is 21.7 Å². The monoisotopic (exact) mass is 462 g/mol. The van der Waals surface area contributed by atoms with E-state index in [2.05, 4.69) is 4.98 Å². The highest BCUT2D eigenvalue weighted by Gasteiger charge is 2.38. The van der Waals surface area contributed by atoms with Crippen LogP contribution in [0.1, 0.15) is 50.2 Å². The number of hydrogen-bond acceptors (Lipinski definition) is 7. The molecule has 1 unspecified atom stereocenters. The van der Waals surface area contributed by atoms with Crippen LogP contribution in [-0.2, 0) is 37.3 Å². The number of rotatable bonds is 7. The quantitative estimate of drug-likeness (QED) is 0.493. The number of carbonyl (C=O) groups is 3. The number of H-pyrrole nitrogens is 1. The molecule has 2 aromatic rings. The van der Waals surface area contributed by atoms with E-state index < -0.39 is 40.4 Å². The number of aryl methyl sites for hydroxylation is 2. The first-order valence-electron chi connectivity index (χ1n) is 10.1. The van der Waals surface area contributed by atoms with E-state index in [1.807, 2.05) is 18.2 Å². The van der Waals surface area contributed by atoms with Gasteiger partial charge in [-0.15, -0.1) is 0 Å². The summed E-state index contributed by atoms with van der Waals surface area (Å²) in [4.78, 5) is 40.9. The number of aromatic nitrogens is 1. The van der Waals surface area contributed by atoms with Crippen LogP contribution in [0.25, 0.3) is 0 Å². The molecule has 3 rings (SSSR count). The summed E-state index contributed by atoms with van der Waals surface area (Å²) in [7, 11) is -3.70. The third-order valence-electron chi connectivity index (χ3n) is 5.38. The highest BCUT2D eigenvalue weighted by atomic mass is 32.2. The number of fused-ring (bicyclic) bond motifs is 1. The fourth-order valence-corrected chi connectivity index (χ4v) is 4.94. The van der Waals surface area contributed by atoms with Gasteiger partial charge in [0, 0.05) is 24.4 Å². The second-order valence-corrected chi connectivity index (χ2v) is 9.61. The van der Waals surface area contributed by atoms with Gasteiger partial charge in [0.2, 0.25) is 15.8 Å². The Labute approximate surface area is 186 Å². The lowest BCUT2D eigenvalue weighted by atomic mass is 9.96. The van der Waals surface area contributed by atoms with E-state index in [-0.39, 0.29) is 30.7 Å². The van der Waals surface area contributed by atoms with Crippen LogP contribution in [0.15, 0.2) is 24.3 Å². The van der Waals surface area contributed by atoms with Crippen molar-refractivity contribution in [3.05, 3.63) is 57.9 Å². The van der Waals surface area contributed by atoms with E-state index in [4.69, 9.17) is 9.47 Å². The number of benzene rings is 1. The van der Waals surface area contributed by atoms with Crippen molar-refractivity contribution in [3.8, 4) is 0 Å².